The third-order valence-electron chi connectivity index (χ3n) is 13.0. The fraction of sp³-hybridized carbons (Fsp3) is 0.426. The van der Waals surface area contributed by atoms with Crippen LogP contribution >= 0.6 is 19.4 Å². The van der Waals surface area contributed by atoms with Crippen molar-refractivity contribution in [1.29, 1.82) is 0 Å². The highest BCUT2D eigenvalue weighted by Gasteiger charge is 2.68. The summed E-state index contributed by atoms with van der Waals surface area (Å²) >= 11 is 6.63. The van der Waals surface area contributed by atoms with Crippen LogP contribution in [0, 0.1) is 29.4 Å². The maximum absolute atomic E-state index is 15.7. The summed E-state index contributed by atoms with van der Waals surface area (Å²) in [5.41, 5.74) is -6.81. The van der Waals surface area contributed by atoms with Gasteiger partial charge in [0.2, 0.25) is 22.7 Å². The molecule has 7 rings (SSSR count). The van der Waals surface area contributed by atoms with E-state index in [1.807, 2.05) is 0 Å². The SMILES string of the molecule is CC(C(=O)O)N(CCOC(=O)N(c1nn(CC(F)(F)F)c2c(-c3ccc(C#CC(C)(C)S(C)(=O)=O)nc3C(Cc3cc(F)cc(F)c3)NC(=O)Cn3nc(C(F)(F)F)c4c3C(F)(F)[C@@H]3C[C@H]43)ccc(Cl)c12)S(C)(=O)=O)C(=O)OCOP(=O)(O)O. The molecule has 4 N–H and O–H groups in total. The number of nitrogens with zero attached hydrogens (tertiary/aromatic N) is 7. The van der Waals surface area contributed by atoms with E-state index in [4.69, 9.17) is 26.1 Å². The Kier molecular flexibility index (Phi) is 17.7. The van der Waals surface area contributed by atoms with Crippen LogP contribution in [0.25, 0.3) is 22.0 Å². The number of carboxylic acid groups (broad SMARTS) is 1. The Labute approximate surface area is 473 Å². The first-order valence-electron chi connectivity index (χ1n) is 23.8. The number of ether oxygens (including phenoxy) is 2. The molecule has 84 heavy (non-hydrogen) atoms. The van der Waals surface area contributed by atoms with E-state index in [1.54, 1.807) is 0 Å². The third kappa shape index (κ3) is 14.2. The number of rotatable bonds is 19. The third-order valence-corrected chi connectivity index (χ3v) is 16.7. The predicted molar refractivity (Wildman–Crippen MR) is 270 cm³/mol. The average Bonchev–Trinajstić information content (AvgIpc) is 1.53. The molecule has 37 heteroatoms. The van der Waals surface area contributed by atoms with Crippen LogP contribution in [0.4, 0.5) is 59.3 Å². The van der Waals surface area contributed by atoms with E-state index in [0.717, 1.165) is 49.6 Å². The van der Waals surface area contributed by atoms with Gasteiger partial charge in [-0.1, -0.05) is 23.6 Å². The number of phosphoric ester groups is 1. The molecule has 3 aromatic heterocycles. The van der Waals surface area contributed by atoms with Crippen molar-refractivity contribution in [2.45, 2.75) is 87.7 Å². The van der Waals surface area contributed by atoms with Gasteiger partial charge in [0, 0.05) is 34.9 Å². The number of nitrogens with one attached hydrogen (secondary N) is 1. The number of halogens is 11. The maximum atomic E-state index is 15.7. The molecular weight excluding hydrogens is 1240 g/mol. The smallest absolute Gasteiger partial charge is 0.472 e. The summed E-state index contributed by atoms with van der Waals surface area (Å²) in [5, 5.41) is 17.7. The Morgan fingerprint density at radius 1 is 0.940 bits per heavy atom. The van der Waals surface area contributed by atoms with Gasteiger partial charge in [-0.2, -0.15) is 49.6 Å². The number of amides is 3. The number of carboxylic acids is 1. The summed E-state index contributed by atoms with van der Waals surface area (Å²) < 4.78 is 223. The fourth-order valence-electron chi connectivity index (χ4n) is 8.87. The number of fused-ring (bicyclic) bond motifs is 4. The Balaban J connectivity index is 1.41. The first kappa shape index (κ1) is 64.5. The van der Waals surface area contributed by atoms with Crippen LogP contribution < -0.4 is 9.62 Å². The molecule has 2 aromatic carbocycles. The summed E-state index contributed by atoms with van der Waals surface area (Å²) in [6, 6.07) is 2.19. The zero-order valence-corrected chi connectivity index (χ0v) is 46.9. The quantitative estimate of drug-likeness (QED) is 0.0275. The number of sulfone groups is 1. The molecule has 2 aliphatic carbocycles. The van der Waals surface area contributed by atoms with Crippen LogP contribution in [0.1, 0.15) is 73.1 Å². The largest absolute Gasteiger partial charge is 0.480 e. The first-order valence-corrected chi connectivity index (χ1v) is 29.5. The van der Waals surface area contributed by atoms with Crippen LogP contribution in [0.15, 0.2) is 42.5 Å². The number of aromatic nitrogens is 5. The molecule has 456 valence electrons. The highest BCUT2D eigenvalue weighted by molar-refractivity contribution is 7.93. The van der Waals surface area contributed by atoms with Gasteiger partial charge in [-0.15, -0.1) is 0 Å². The number of carbonyl (C=O) groups excluding carboxylic acids is 3. The van der Waals surface area contributed by atoms with E-state index in [9.17, 15) is 80.8 Å². The lowest BCUT2D eigenvalue weighted by molar-refractivity contribution is -0.143. The molecule has 1 saturated carbocycles. The van der Waals surface area contributed by atoms with Crippen LogP contribution in [-0.4, -0.2) is 135 Å². The average molecular weight is 1280 g/mol. The van der Waals surface area contributed by atoms with E-state index >= 15 is 8.78 Å². The number of anilines is 1. The molecule has 0 saturated heterocycles. The minimum atomic E-state index is -5.29. The van der Waals surface area contributed by atoms with Crippen molar-refractivity contribution < 1.29 is 113 Å². The maximum Gasteiger partial charge on any atom is 0.472 e. The zero-order valence-electron chi connectivity index (χ0n) is 43.6. The second-order valence-corrected chi connectivity index (χ2v) is 25.6. The number of sulfonamides is 1. The number of benzene rings is 2. The van der Waals surface area contributed by atoms with Gasteiger partial charge in [0.05, 0.1) is 40.5 Å². The monoisotopic (exact) mass is 1280 g/mol. The van der Waals surface area contributed by atoms with Gasteiger partial charge in [-0.05, 0) is 81.3 Å². The summed E-state index contributed by atoms with van der Waals surface area (Å²) in [6.07, 6.45) is -14.1. The van der Waals surface area contributed by atoms with Gasteiger partial charge in [-0.3, -0.25) is 19.1 Å². The molecule has 2 aliphatic rings. The number of phosphoric acid groups is 1. The molecule has 23 nitrogen and oxygen atoms in total. The second kappa shape index (κ2) is 23.1. The highest BCUT2D eigenvalue weighted by atomic mass is 35.5. The minimum Gasteiger partial charge on any atom is -0.480 e. The summed E-state index contributed by atoms with van der Waals surface area (Å²) in [6.45, 7) is -3.83. The van der Waals surface area contributed by atoms with Crippen LogP contribution in [0.5, 0.6) is 0 Å². The van der Waals surface area contributed by atoms with E-state index in [1.165, 1.54) is 13.8 Å². The van der Waals surface area contributed by atoms with Crippen molar-refractivity contribution in [3.8, 4) is 23.0 Å². The van der Waals surface area contributed by atoms with E-state index in [2.05, 4.69) is 41.6 Å². The van der Waals surface area contributed by atoms with Gasteiger partial charge in [0.15, 0.2) is 21.3 Å². The Morgan fingerprint density at radius 2 is 1.57 bits per heavy atom. The first-order chi connectivity index (χ1) is 38.5. The number of alkyl halides is 8. The Hall–Kier alpha value is -7.09. The molecule has 0 bridgehead atoms. The van der Waals surface area contributed by atoms with Crippen molar-refractivity contribution >= 4 is 80.1 Å². The zero-order chi connectivity index (χ0) is 62.8. The number of carbonyl (C=O) groups is 4. The Bertz CT molecular complexity index is 3830. The lowest BCUT2D eigenvalue weighted by Crippen LogP contribution is -2.46. The summed E-state index contributed by atoms with van der Waals surface area (Å²) in [7, 11) is -14.4. The molecule has 0 spiro atoms. The van der Waals surface area contributed by atoms with Crippen molar-refractivity contribution in [2.75, 3.05) is 36.8 Å². The topological polar surface area (TPSA) is 309 Å². The highest BCUT2D eigenvalue weighted by Crippen LogP contribution is 2.68. The predicted octanol–water partition coefficient (Wildman–Crippen LogP) is 7.17. The summed E-state index contributed by atoms with van der Waals surface area (Å²) in [5.74, 6) is -8.50. The van der Waals surface area contributed by atoms with Gasteiger partial charge >= 0.3 is 38.3 Å². The molecular formula is C47H44ClF10N8O15PS2. The van der Waals surface area contributed by atoms with Crippen molar-refractivity contribution in [2.24, 2.45) is 5.92 Å². The van der Waals surface area contributed by atoms with Gasteiger partial charge in [-0.25, -0.2) is 54.1 Å². The normalized spacial score (nSPS) is 16.6. The number of hydrogen-bond donors (Lipinski definition) is 4. The molecule has 3 amide bonds. The van der Waals surface area contributed by atoms with Crippen molar-refractivity contribution in [1.82, 2.24) is 34.8 Å². The molecule has 3 heterocycles. The molecule has 5 aromatic rings. The second-order valence-electron chi connectivity index (χ2n) is 19.5. The molecule has 2 unspecified atom stereocenters. The van der Waals surface area contributed by atoms with Crippen LogP contribution in [-0.2, 0) is 79.6 Å². The van der Waals surface area contributed by atoms with Crippen LogP contribution in [0.2, 0.25) is 5.02 Å². The standard InChI is InChI=1S/C47H44ClF10N8O15PS2/c1-22(41(68)69)63(42(70)80-21-81-82(72,73)74)12-13-79-43(71)66(84(5,77)78)40-35-31(48)9-8-28(37(35)65(62-40)20-45(51,52)53)27-7-6-26(10-11-44(2,3)83(4,75)76)59-36(27)32(16-23-14-24(49)17-25(50)15-23)60-33(67)19-64-39-34(38(61-64)47(56,57)58)29-18-30(29)46(39,54)55/h6-9,14-15,17,22,29-30,32H,12-13,16,18-21H2,1-5H3,(H,60,67)(H,68,69)(H2,72,73,74)/t22?,29-,30+,32?/m0/s1. The fourth-order valence-corrected chi connectivity index (χ4v) is 10.3. The molecule has 1 fully saturated rings. The molecule has 0 aliphatic heterocycles. The van der Waals surface area contributed by atoms with Gasteiger partial charge in [0.25, 0.3) is 5.92 Å². The van der Waals surface area contributed by atoms with Crippen LogP contribution in [0.3, 0.4) is 0 Å². The van der Waals surface area contributed by atoms with E-state index in [-0.39, 0.29) is 25.7 Å². The number of hydrogen-bond acceptors (Lipinski definition) is 15. The van der Waals surface area contributed by atoms with Crippen molar-refractivity contribution in [3.63, 3.8) is 0 Å². The van der Waals surface area contributed by atoms with E-state index in [0.29, 0.717) is 17.2 Å². The number of pyridine rings is 1. The van der Waals surface area contributed by atoms with Crippen molar-refractivity contribution in [3.05, 3.63) is 93.0 Å². The Morgan fingerprint density at radius 3 is 2.14 bits per heavy atom. The van der Waals surface area contributed by atoms with E-state index < -0.39 is 211 Å². The minimum absolute atomic E-state index is 0.103. The van der Waals surface area contributed by atoms with Gasteiger partial charge in [0.1, 0.15) is 53.5 Å². The lowest BCUT2D eigenvalue weighted by Gasteiger charge is -2.26. The molecule has 0 radical (unpaired) electrons. The van der Waals surface area contributed by atoms with Gasteiger partial charge < -0.3 is 29.7 Å². The number of aliphatic carboxylic acids is 1. The lowest BCUT2D eigenvalue weighted by atomic mass is 9.93. The summed E-state index contributed by atoms with van der Waals surface area (Å²) in [4.78, 5) is 75.4. The molecule has 4 atom stereocenters.